The maximum absolute atomic E-state index is 12.0. The first kappa shape index (κ1) is 17.0. The van der Waals surface area contributed by atoms with Crippen molar-refractivity contribution in [2.45, 2.75) is 13.3 Å². The molecule has 2 N–H and O–H groups in total. The number of para-hydroxylation sites is 2. The minimum Gasteiger partial charge on any atom is -0.379 e. The molecule has 0 unspecified atom stereocenters. The van der Waals surface area contributed by atoms with Crippen molar-refractivity contribution in [3.63, 3.8) is 0 Å². The summed E-state index contributed by atoms with van der Waals surface area (Å²) in [5.41, 5.74) is 2.19. The summed E-state index contributed by atoms with van der Waals surface area (Å²) >= 11 is 3.40. The Kier molecular flexibility index (Phi) is 5.70. The fourth-order valence-electron chi connectivity index (χ4n) is 2.03. The van der Waals surface area contributed by atoms with Crippen LogP contribution >= 0.6 is 15.9 Å². The lowest BCUT2D eigenvalue weighted by molar-refractivity contribution is -0.384. The Morgan fingerprint density at radius 2 is 1.96 bits per heavy atom. The fourth-order valence-corrected chi connectivity index (χ4v) is 2.62. The van der Waals surface area contributed by atoms with Crippen LogP contribution in [0.4, 0.5) is 17.1 Å². The molecule has 0 saturated heterocycles. The van der Waals surface area contributed by atoms with Crippen molar-refractivity contribution in [3.05, 3.63) is 62.6 Å². The summed E-state index contributed by atoms with van der Waals surface area (Å²) in [6.45, 7) is 2.27. The van der Waals surface area contributed by atoms with E-state index in [9.17, 15) is 14.9 Å². The highest BCUT2D eigenvalue weighted by Crippen LogP contribution is 2.24. The first-order valence-corrected chi connectivity index (χ1v) is 7.80. The van der Waals surface area contributed by atoms with E-state index in [0.717, 1.165) is 10.0 Å². The Morgan fingerprint density at radius 3 is 2.65 bits per heavy atom. The normalized spacial score (nSPS) is 10.2. The zero-order valence-electron chi connectivity index (χ0n) is 12.5. The van der Waals surface area contributed by atoms with Crippen molar-refractivity contribution in [2.75, 3.05) is 17.2 Å². The number of benzene rings is 2. The predicted octanol–water partition coefficient (Wildman–Crippen LogP) is 4.11. The van der Waals surface area contributed by atoms with Crippen molar-refractivity contribution in [3.8, 4) is 0 Å². The molecule has 0 aliphatic carbocycles. The van der Waals surface area contributed by atoms with Crippen LogP contribution in [0.2, 0.25) is 0 Å². The number of nitrogens with one attached hydrogen (secondary N) is 2. The molecule has 0 aliphatic rings. The third-order valence-electron chi connectivity index (χ3n) is 3.17. The van der Waals surface area contributed by atoms with E-state index in [0.29, 0.717) is 17.9 Å². The number of nitro groups is 1. The van der Waals surface area contributed by atoms with Crippen molar-refractivity contribution < 1.29 is 9.72 Å². The number of nitrogens with zero attached hydrogens (tertiary/aromatic N) is 1. The minimum atomic E-state index is -0.453. The highest BCUT2D eigenvalue weighted by molar-refractivity contribution is 9.10. The molecule has 0 heterocycles. The highest BCUT2D eigenvalue weighted by Gasteiger charge is 2.12. The Morgan fingerprint density at radius 1 is 1.22 bits per heavy atom. The Labute approximate surface area is 142 Å². The molecule has 7 heteroatoms. The summed E-state index contributed by atoms with van der Waals surface area (Å²) in [4.78, 5) is 22.4. The number of aryl methyl sites for hydroxylation is 1. The molecule has 0 atom stereocenters. The molecule has 6 nitrogen and oxygen atoms in total. The van der Waals surface area contributed by atoms with Gasteiger partial charge in [-0.1, -0.05) is 18.2 Å². The van der Waals surface area contributed by atoms with Crippen molar-refractivity contribution in [1.29, 1.82) is 0 Å². The van der Waals surface area contributed by atoms with Crippen LogP contribution < -0.4 is 10.6 Å². The molecular weight excluding hydrogens is 362 g/mol. The van der Waals surface area contributed by atoms with E-state index in [1.807, 2.05) is 25.1 Å². The second-order valence-corrected chi connectivity index (χ2v) is 5.84. The number of amides is 1. The van der Waals surface area contributed by atoms with E-state index in [2.05, 4.69) is 26.6 Å². The van der Waals surface area contributed by atoms with Gasteiger partial charge in [-0.15, -0.1) is 0 Å². The summed E-state index contributed by atoms with van der Waals surface area (Å²) in [6.07, 6.45) is 0.201. The molecule has 23 heavy (non-hydrogen) atoms. The lowest BCUT2D eigenvalue weighted by atomic mass is 10.2. The largest absolute Gasteiger partial charge is 0.379 e. The molecule has 0 saturated carbocycles. The van der Waals surface area contributed by atoms with Crippen LogP contribution in [-0.2, 0) is 4.79 Å². The summed E-state index contributed by atoms with van der Waals surface area (Å²) in [6, 6.07) is 12.0. The second kappa shape index (κ2) is 7.73. The van der Waals surface area contributed by atoms with Crippen LogP contribution in [0.15, 0.2) is 46.9 Å². The lowest BCUT2D eigenvalue weighted by Crippen LogP contribution is -2.16. The van der Waals surface area contributed by atoms with Gasteiger partial charge in [0, 0.05) is 23.5 Å². The second-order valence-electron chi connectivity index (χ2n) is 4.98. The third-order valence-corrected chi connectivity index (χ3v) is 3.82. The van der Waals surface area contributed by atoms with Gasteiger partial charge < -0.3 is 10.6 Å². The van der Waals surface area contributed by atoms with Crippen LogP contribution in [0.25, 0.3) is 0 Å². The number of carbonyl (C=O) groups is 1. The number of rotatable bonds is 6. The number of hydrogen-bond donors (Lipinski definition) is 2. The van der Waals surface area contributed by atoms with Crippen molar-refractivity contribution in [2.24, 2.45) is 0 Å². The van der Waals surface area contributed by atoms with E-state index in [-0.39, 0.29) is 18.0 Å². The molecule has 120 valence electrons. The number of carbonyl (C=O) groups excluding carboxylic acids is 1. The topological polar surface area (TPSA) is 84.3 Å². The Balaban J connectivity index is 1.89. The smallest absolute Gasteiger partial charge is 0.292 e. The maximum atomic E-state index is 12.0. The monoisotopic (exact) mass is 377 g/mol. The van der Waals surface area contributed by atoms with E-state index < -0.39 is 4.92 Å². The average molecular weight is 378 g/mol. The van der Waals surface area contributed by atoms with Gasteiger partial charge in [0.15, 0.2) is 0 Å². The average Bonchev–Trinajstić information content (AvgIpc) is 2.50. The minimum absolute atomic E-state index is 0.00538. The zero-order chi connectivity index (χ0) is 16.8. The number of nitro benzene ring substituents is 1. The third kappa shape index (κ3) is 4.79. The highest BCUT2D eigenvalue weighted by atomic mass is 79.9. The van der Waals surface area contributed by atoms with Crippen LogP contribution in [0.1, 0.15) is 12.0 Å². The Hall–Kier alpha value is -2.41. The molecule has 0 radical (unpaired) electrons. The van der Waals surface area contributed by atoms with Crippen molar-refractivity contribution >= 4 is 38.9 Å². The van der Waals surface area contributed by atoms with Crippen LogP contribution in [0.3, 0.4) is 0 Å². The molecule has 0 aliphatic heterocycles. The number of hydrogen-bond acceptors (Lipinski definition) is 4. The molecule has 1 amide bonds. The lowest BCUT2D eigenvalue weighted by Gasteiger charge is -2.09. The first-order valence-electron chi connectivity index (χ1n) is 7.00. The van der Waals surface area contributed by atoms with Gasteiger partial charge in [0.25, 0.3) is 5.69 Å². The predicted molar refractivity (Wildman–Crippen MR) is 93.7 cm³/mol. The maximum Gasteiger partial charge on any atom is 0.292 e. The fraction of sp³-hybridized carbons (Fsp3) is 0.188. The summed E-state index contributed by atoms with van der Waals surface area (Å²) < 4.78 is 0.817. The van der Waals surface area contributed by atoms with E-state index >= 15 is 0 Å². The van der Waals surface area contributed by atoms with Gasteiger partial charge in [-0.25, -0.2) is 0 Å². The van der Waals surface area contributed by atoms with Gasteiger partial charge in [-0.05, 0) is 46.6 Å². The molecule has 2 rings (SSSR count). The van der Waals surface area contributed by atoms with Crippen molar-refractivity contribution in [1.82, 2.24) is 0 Å². The summed E-state index contributed by atoms with van der Waals surface area (Å²) in [5, 5.41) is 16.6. The molecule has 0 fully saturated rings. The van der Waals surface area contributed by atoms with Gasteiger partial charge in [0.1, 0.15) is 5.69 Å². The van der Waals surface area contributed by atoms with Gasteiger partial charge in [0.2, 0.25) is 5.91 Å². The summed E-state index contributed by atoms with van der Waals surface area (Å²) in [5.74, 6) is -0.166. The molecular formula is C16H16BrN3O3. The Bertz CT molecular complexity index is 734. The first-order chi connectivity index (χ1) is 11.0. The van der Waals surface area contributed by atoms with E-state index in [1.165, 1.54) is 6.07 Å². The quantitative estimate of drug-likeness (QED) is 0.585. The molecule has 0 aromatic heterocycles. The molecule has 2 aromatic carbocycles. The SMILES string of the molecule is Cc1ccc(NC(=O)CCNc2ccccc2[N+](=O)[O-])c(Br)c1. The van der Waals surface area contributed by atoms with Crippen LogP contribution in [-0.4, -0.2) is 17.4 Å². The van der Waals surface area contributed by atoms with Crippen LogP contribution in [0.5, 0.6) is 0 Å². The van der Waals surface area contributed by atoms with Gasteiger partial charge in [-0.2, -0.15) is 0 Å². The van der Waals surface area contributed by atoms with E-state index in [4.69, 9.17) is 0 Å². The number of halogens is 1. The van der Waals surface area contributed by atoms with E-state index in [1.54, 1.807) is 18.2 Å². The molecule has 0 spiro atoms. The van der Waals surface area contributed by atoms with Gasteiger partial charge in [0.05, 0.1) is 10.6 Å². The van der Waals surface area contributed by atoms with Crippen LogP contribution in [0, 0.1) is 17.0 Å². The molecule has 2 aromatic rings. The number of anilines is 2. The van der Waals surface area contributed by atoms with Gasteiger partial charge >= 0.3 is 0 Å². The van der Waals surface area contributed by atoms with Gasteiger partial charge in [-0.3, -0.25) is 14.9 Å². The molecule has 0 bridgehead atoms. The summed E-state index contributed by atoms with van der Waals surface area (Å²) in [7, 11) is 0. The standard InChI is InChI=1S/C16H16BrN3O3/c1-11-6-7-13(12(17)10-11)19-16(21)8-9-18-14-4-2-3-5-15(14)20(22)23/h2-7,10,18H,8-9H2,1H3,(H,19,21). The zero-order valence-corrected chi connectivity index (χ0v) is 14.1.